The van der Waals surface area contributed by atoms with E-state index >= 15 is 0 Å². The second kappa shape index (κ2) is 5.21. The van der Waals surface area contributed by atoms with Crippen molar-refractivity contribution in [3.63, 3.8) is 0 Å². The first kappa shape index (κ1) is 11.9. The van der Waals surface area contributed by atoms with Crippen LogP contribution in [0.2, 0.25) is 0 Å². The van der Waals surface area contributed by atoms with Crippen molar-refractivity contribution in [3.8, 4) is 0 Å². The molecule has 0 atom stereocenters. The number of aromatic nitrogens is 5. The molecule has 19 heavy (non-hydrogen) atoms. The highest BCUT2D eigenvalue weighted by molar-refractivity contribution is 6.03. The molecular weight excluding hydrogens is 244 g/mol. The minimum Gasteiger partial charge on any atom is -0.304 e. The van der Waals surface area contributed by atoms with Gasteiger partial charge in [-0.3, -0.25) is 9.48 Å². The molecule has 2 N–H and O–H groups in total. The standard InChI is InChI=1S/C12H16N6O/c19-12(15-11-7-13-17-16-11)9-6-14-18(8-9)10-4-2-1-3-5-10/h6-8,10H,1-5H2,(H2,13,15,16,17,19). The number of hydrogen-bond acceptors (Lipinski definition) is 4. The minimum atomic E-state index is -0.212. The zero-order chi connectivity index (χ0) is 13.1. The number of nitrogens with zero attached hydrogens (tertiary/aromatic N) is 4. The van der Waals surface area contributed by atoms with Crippen LogP contribution in [0.25, 0.3) is 0 Å². The van der Waals surface area contributed by atoms with Gasteiger partial charge in [-0.25, -0.2) is 0 Å². The summed E-state index contributed by atoms with van der Waals surface area (Å²) in [6.45, 7) is 0. The summed E-state index contributed by atoms with van der Waals surface area (Å²) < 4.78 is 1.91. The summed E-state index contributed by atoms with van der Waals surface area (Å²) in [5, 5.41) is 16.8. The van der Waals surface area contributed by atoms with Crippen LogP contribution in [0.15, 0.2) is 18.6 Å². The molecule has 3 rings (SSSR count). The van der Waals surface area contributed by atoms with Crippen molar-refractivity contribution in [2.75, 3.05) is 5.32 Å². The normalized spacial score (nSPS) is 16.4. The van der Waals surface area contributed by atoms with Gasteiger partial charge in [0.05, 0.1) is 24.0 Å². The Hall–Kier alpha value is -2.18. The Morgan fingerprint density at radius 1 is 1.32 bits per heavy atom. The maximum atomic E-state index is 12.0. The van der Waals surface area contributed by atoms with Crippen LogP contribution in [0.4, 0.5) is 5.82 Å². The lowest BCUT2D eigenvalue weighted by molar-refractivity contribution is 0.102. The molecule has 1 amide bonds. The molecule has 2 heterocycles. The van der Waals surface area contributed by atoms with E-state index in [2.05, 4.69) is 25.8 Å². The van der Waals surface area contributed by atoms with E-state index < -0.39 is 0 Å². The average molecular weight is 260 g/mol. The number of H-pyrrole nitrogens is 1. The average Bonchev–Trinajstić information content (AvgIpc) is 3.10. The van der Waals surface area contributed by atoms with E-state index in [-0.39, 0.29) is 5.91 Å². The molecule has 100 valence electrons. The highest BCUT2D eigenvalue weighted by Gasteiger charge is 2.18. The fraction of sp³-hybridized carbons (Fsp3) is 0.500. The van der Waals surface area contributed by atoms with Gasteiger partial charge in [0, 0.05) is 6.20 Å². The molecule has 1 aliphatic carbocycles. The number of anilines is 1. The zero-order valence-electron chi connectivity index (χ0n) is 10.5. The summed E-state index contributed by atoms with van der Waals surface area (Å²) in [4.78, 5) is 12.0. The van der Waals surface area contributed by atoms with Crippen molar-refractivity contribution in [1.82, 2.24) is 25.2 Å². The maximum absolute atomic E-state index is 12.0. The zero-order valence-corrected chi connectivity index (χ0v) is 10.5. The van der Waals surface area contributed by atoms with Crippen LogP contribution >= 0.6 is 0 Å². The van der Waals surface area contributed by atoms with E-state index in [9.17, 15) is 4.79 Å². The molecule has 1 aliphatic rings. The summed E-state index contributed by atoms with van der Waals surface area (Å²) in [6, 6.07) is 0.433. The molecule has 0 aliphatic heterocycles. The van der Waals surface area contributed by atoms with Crippen LogP contribution in [0.3, 0.4) is 0 Å². The van der Waals surface area contributed by atoms with Gasteiger partial charge in [0.2, 0.25) is 0 Å². The molecule has 1 fully saturated rings. The molecule has 2 aromatic rings. The smallest absolute Gasteiger partial charge is 0.260 e. The third-order valence-electron chi connectivity index (χ3n) is 3.47. The fourth-order valence-corrected chi connectivity index (χ4v) is 2.45. The molecule has 7 heteroatoms. The van der Waals surface area contributed by atoms with Crippen LogP contribution in [-0.4, -0.2) is 31.1 Å². The Morgan fingerprint density at radius 3 is 2.89 bits per heavy atom. The molecule has 0 aromatic carbocycles. The van der Waals surface area contributed by atoms with Crippen LogP contribution in [0, 0.1) is 0 Å². The summed E-state index contributed by atoms with van der Waals surface area (Å²) >= 11 is 0. The van der Waals surface area contributed by atoms with Crippen LogP contribution in [-0.2, 0) is 0 Å². The van der Waals surface area contributed by atoms with Gasteiger partial charge in [0.1, 0.15) is 0 Å². The fourth-order valence-electron chi connectivity index (χ4n) is 2.45. The van der Waals surface area contributed by atoms with Gasteiger partial charge in [-0.15, -0.1) is 5.10 Å². The minimum absolute atomic E-state index is 0.212. The first-order chi connectivity index (χ1) is 9.33. The maximum Gasteiger partial charge on any atom is 0.260 e. The Labute approximate surface area is 110 Å². The van der Waals surface area contributed by atoms with Crippen molar-refractivity contribution in [2.24, 2.45) is 0 Å². The van der Waals surface area contributed by atoms with Crippen molar-refractivity contribution < 1.29 is 4.79 Å². The van der Waals surface area contributed by atoms with Crippen molar-refractivity contribution in [2.45, 2.75) is 38.1 Å². The summed E-state index contributed by atoms with van der Waals surface area (Å²) in [6.07, 6.45) is 10.9. The van der Waals surface area contributed by atoms with Crippen molar-refractivity contribution >= 4 is 11.7 Å². The SMILES string of the molecule is O=C(Nc1cn[nH]n1)c1cnn(C2CCCCC2)c1. The molecule has 7 nitrogen and oxygen atoms in total. The number of hydrogen-bond donors (Lipinski definition) is 2. The van der Waals surface area contributed by atoms with E-state index in [1.165, 1.54) is 25.5 Å². The molecule has 0 unspecified atom stereocenters. The first-order valence-electron chi connectivity index (χ1n) is 6.54. The molecule has 0 spiro atoms. The van der Waals surface area contributed by atoms with Crippen LogP contribution < -0.4 is 5.32 Å². The van der Waals surface area contributed by atoms with Crippen LogP contribution in [0.1, 0.15) is 48.5 Å². The Bertz CT molecular complexity index is 540. The third-order valence-corrected chi connectivity index (χ3v) is 3.47. The highest BCUT2D eigenvalue weighted by Crippen LogP contribution is 2.27. The van der Waals surface area contributed by atoms with Crippen LogP contribution in [0.5, 0.6) is 0 Å². The number of nitrogens with one attached hydrogen (secondary N) is 2. The Balaban J connectivity index is 1.68. The van der Waals surface area contributed by atoms with E-state index in [4.69, 9.17) is 0 Å². The lowest BCUT2D eigenvalue weighted by Crippen LogP contribution is -2.14. The van der Waals surface area contributed by atoms with Gasteiger partial charge in [0.25, 0.3) is 5.91 Å². The van der Waals surface area contributed by atoms with E-state index in [0.717, 1.165) is 12.8 Å². The largest absolute Gasteiger partial charge is 0.304 e. The quantitative estimate of drug-likeness (QED) is 0.880. The van der Waals surface area contributed by atoms with E-state index in [1.807, 2.05) is 10.9 Å². The summed E-state index contributed by atoms with van der Waals surface area (Å²) in [7, 11) is 0. The number of aromatic amines is 1. The Kier molecular flexibility index (Phi) is 3.26. The van der Waals surface area contributed by atoms with Gasteiger partial charge >= 0.3 is 0 Å². The molecule has 2 aromatic heterocycles. The van der Waals surface area contributed by atoms with E-state index in [0.29, 0.717) is 17.4 Å². The van der Waals surface area contributed by atoms with E-state index in [1.54, 1.807) is 6.20 Å². The lowest BCUT2D eigenvalue weighted by Gasteiger charge is -2.21. The third kappa shape index (κ3) is 2.64. The molecule has 0 bridgehead atoms. The second-order valence-electron chi connectivity index (χ2n) is 4.81. The van der Waals surface area contributed by atoms with Gasteiger partial charge in [-0.05, 0) is 12.8 Å². The molecule has 0 saturated heterocycles. The highest BCUT2D eigenvalue weighted by atomic mass is 16.1. The topological polar surface area (TPSA) is 88.5 Å². The van der Waals surface area contributed by atoms with Gasteiger partial charge in [0.15, 0.2) is 5.82 Å². The Morgan fingerprint density at radius 2 is 2.16 bits per heavy atom. The number of amides is 1. The van der Waals surface area contributed by atoms with Crippen molar-refractivity contribution in [1.29, 1.82) is 0 Å². The first-order valence-corrected chi connectivity index (χ1v) is 6.54. The molecule has 1 saturated carbocycles. The monoisotopic (exact) mass is 260 g/mol. The lowest BCUT2D eigenvalue weighted by atomic mass is 9.96. The van der Waals surface area contributed by atoms with Gasteiger partial charge in [-0.2, -0.15) is 15.4 Å². The summed E-state index contributed by atoms with van der Waals surface area (Å²) in [5.41, 5.74) is 0.550. The second-order valence-corrected chi connectivity index (χ2v) is 4.81. The van der Waals surface area contributed by atoms with Crippen molar-refractivity contribution in [3.05, 3.63) is 24.2 Å². The number of carbonyl (C=O) groups is 1. The summed E-state index contributed by atoms with van der Waals surface area (Å²) in [5.74, 6) is 0.200. The predicted octanol–water partition coefficient (Wildman–Crippen LogP) is 1.76. The van der Waals surface area contributed by atoms with Gasteiger partial charge < -0.3 is 5.32 Å². The number of carbonyl (C=O) groups excluding carboxylic acids is 1. The molecule has 0 radical (unpaired) electrons. The predicted molar refractivity (Wildman–Crippen MR) is 68.7 cm³/mol. The number of rotatable bonds is 3. The van der Waals surface area contributed by atoms with Gasteiger partial charge in [-0.1, -0.05) is 19.3 Å². The molecular formula is C12H16N6O.